The van der Waals surface area contributed by atoms with Crippen LogP contribution < -0.4 is 21.0 Å². The highest BCUT2D eigenvalue weighted by Gasteiger charge is 2.25. The molecule has 0 amide bonds. The van der Waals surface area contributed by atoms with E-state index in [1.54, 1.807) is 17.0 Å². The number of para-hydroxylation sites is 1. The molecule has 43 heavy (non-hydrogen) atoms. The highest BCUT2D eigenvalue weighted by atomic mass is 35.5. The number of aromatic amines is 1. The Labute approximate surface area is 251 Å². The first-order chi connectivity index (χ1) is 21.0. The lowest BCUT2D eigenvalue weighted by Gasteiger charge is -2.24. The van der Waals surface area contributed by atoms with Gasteiger partial charge in [-0.3, -0.25) is 14.2 Å². The molecule has 2 aromatic carbocycles. The number of hydrogen-bond acceptors (Lipinski definition) is 7. The molecule has 1 aliphatic carbocycles. The Bertz CT molecular complexity index is 2080. The lowest BCUT2D eigenvalue weighted by atomic mass is 9.98. The summed E-state index contributed by atoms with van der Waals surface area (Å²) >= 11 is 7.20. The third kappa shape index (κ3) is 5.02. The van der Waals surface area contributed by atoms with Gasteiger partial charge in [0.1, 0.15) is 23.2 Å². The fourth-order valence-corrected chi connectivity index (χ4v) is 5.79. The van der Waals surface area contributed by atoms with E-state index in [0.29, 0.717) is 62.4 Å². The first kappa shape index (κ1) is 26.9. The fraction of sp³-hybridized carbons (Fsp3) is 0.182. The monoisotopic (exact) mass is 590 g/mol. The summed E-state index contributed by atoms with van der Waals surface area (Å²) in [5.41, 5.74) is 2.63. The van der Waals surface area contributed by atoms with Gasteiger partial charge >= 0.3 is 0 Å². The van der Waals surface area contributed by atoms with Gasteiger partial charge in [0.25, 0.3) is 5.56 Å². The molecular formula is C33H27ClN6O3. The molecule has 4 heterocycles. The third-order valence-corrected chi connectivity index (χ3v) is 8.12. The van der Waals surface area contributed by atoms with E-state index < -0.39 is 6.04 Å². The summed E-state index contributed by atoms with van der Waals surface area (Å²) in [6, 6.07) is 19.6. The number of H-pyrrole nitrogens is 1. The van der Waals surface area contributed by atoms with Gasteiger partial charge in [-0.05, 0) is 49.4 Å². The Kier molecular flexibility index (Phi) is 6.87. The summed E-state index contributed by atoms with van der Waals surface area (Å²) in [7, 11) is 0. The van der Waals surface area contributed by atoms with Crippen molar-refractivity contribution in [1.29, 1.82) is 0 Å². The summed E-state index contributed by atoms with van der Waals surface area (Å²) in [5.74, 6) is 1.53. The quantitative estimate of drug-likeness (QED) is 0.214. The smallest absolute Gasteiger partial charge is 0.263 e. The molecule has 0 unspecified atom stereocenters. The van der Waals surface area contributed by atoms with Crippen molar-refractivity contribution in [3.63, 3.8) is 0 Å². The highest BCUT2D eigenvalue weighted by molar-refractivity contribution is 6.36. The summed E-state index contributed by atoms with van der Waals surface area (Å²) in [4.78, 5) is 43.3. The van der Waals surface area contributed by atoms with Gasteiger partial charge in [0, 0.05) is 41.2 Å². The van der Waals surface area contributed by atoms with Crippen LogP contribution in [-0.2, 0) is 0 Å². The molecule has 0 bridgehead atoms. The van der Waals surface area contributed by atoms with Crippen molar-refractivity contribution < 1.29 is 4.74 Å². The second kappa shape index (κ2) is 11.0. The Morgan fingerprint density at radius 1 is 1.00 bits per heavy atom. The van der Waals surface area contributed by atoms with Crippen LogP contribution in [0.5, 0.6) is 5.88 Å². The molecule has 214 valence electrons. The molecule has 6 aromatic rings. The summed E-state index contributed by atoms with van der Waals surface area (Å²) in [5, 5.41) is 5.14. The van der Waals surface area contributed by atoms with Crippen molar-refractivity contribution >= 4 is 39.2 Å². The maximum atomic E-state index is 14.5. The Hall–Kier alpha value is -5.02. The predicted molar refractivity (Wildman–Crippen MR) is 168 cm³/mol. The van der Waals surface area contributed by atoms with Crippen LogP contribution in [-0.4, -0.2) is 31.1 Å². The van der Waals surface area contributed by atoms with Crippen LogP contribution in [0.15, 0.2) is 95.0 Å². The van der Waals surface area contributed by atoms with Crippen LogP contribution in [0.1, 0.15) is 31.5 Å². The van der Waals surface area contributed by atoms with Crippen molar-refractivity contribution in [2.24, 2.45) is 5.92 Å². The van der Waals surface area contributed by atoms with Gasteiger partial charge in [-0.25, -0.2) is 15.0 Å². The minimum Gasteiger partial charge on any atom is -0.477 e. The molecule has 0 radical (unpaired) electrons. The van der Waals surface area contributed by atoms with E-state index >= 15 is 0 Å². The second-order valence-corrected chi connectivity index (χ2v) is 11.1. The van der Waals surface area contributed by atoms with Crippen molar-refractivity contribution in [2.75, 3.05) is 11.9 Å². The minimum absolute atomic E-state index is 0.226. The van der Waals surface area contributed by atoms with E-state index in [4.69, 9.17) is 16.3 Å². The molecule has 10 heteroatoms. The molecule has 0 aliphatic heterocycles. The molecule has 4 aromatic heterocycles. The minimum atomic E-state index is -0.532. The van der Waals surface area contributed by atoms with Crippen molar-refractivity contribution in [1.82, 2.24) is 24.5 Å². The lowest BCUT2D eigenvalue weighted by molar-refractivity contribution is 0.288. The van der Waals surface area contributed by atoms with E-state index in [9.17, 15) is 9.59 Å². The van der Waals surface area contributed by atoms with Crippen LogP contribution in [0.2, 0.25) is 5.02 Å². The molecule has 1 fully saturated rings. The Morgan fingerprint density at radius 3 is 2.60 bits per heavy atom. The second-order valence-electron chi connectivity index (χ2n) is 10.7. The molecule has 0 saturated heterocycles. The third-order valence-electron chi connectivity index (χ3n) is 7.72. The molecule has 2 N–H and O–H groups in total. The van der Waals surface area contributed by atoms with Gasteiger partial charge in [-0.15, -0.1) is 0 Å². The van der Waals surface area contributed by atoms with Crippen molar-refractivity contribution in [3.05, 3.63) is 117 Å². The zero-order chi connectivity index (χ0) is 29.5. The van der Waals surface area contributed by atoms with Gasteiger partial charge in [-0.2, -0.15) is 0 Å². The first-order valence-corrected chi connectivity index (χ1v) is 14.5. The van der Waals surface area contributed by atoms with Crippen LogP contribution in [0.4, 0.5) is 5.82 Å². The number of anilines is 1. The van der Waals surface area contributed by atoms with Crippen molar-refractivity contribution in [3.8, 4) is 22.7 Å². The van der Waals surface area contributed by atoms with E-state index in [0.717, 1.165) is 11.1 Å². The standard InChI is InChI=1S/C33H27ClN6O3/c1-19(39-32-28-25(41)14-15-35-31(28)37-18-38-32)30-29(34)24-9-5-8-23(21-12-13-26(36-16-21)43-17-20-10-11-20)27(24)33(42)40(30)22-6-3-2-4-7-22/h2-9,12-16,18-20H,10-11,17H2,1H3,(H2,35,37,38,39,41)/t19-/m0/s1. The lowest BCUT2D eigenvalue weighted by Crippen LogP contribution is -2.27. The number of nitrogens with zero attached hydrogens (tertiary/aromatic N) is 4. The maximum absolute atomic E-state index is 14.5. The molecule has 1 aliphatic rings. The zero-order valence-electron chi connectivity index (χ0n) is 23.3. The van der Waals surface area contributed by atoms with E-state index in [2.05, 4.69) is 25.3 Å². The SMILES string of the molecule is C[C@H](Nc1ncnc2[nH]ccc(=O)c12)c1c(Cl)c2cccc(-c3ccc(OCC4CC4)nc3)c2c(=O)n1-c1ccccc1. The van der Waals surface area contributed by atoms with Gasteiger partial charge < -0.3 is 15.0 Å². The maximum Gasteiger partial charge on any atom is 0.263 e. The summed E-state index contributed by atoms with van der Waals surface area (Å²) in [6.45, 7) is 2.55. The Morgan fingerprint density at radius 2 is 1.84 bits per heavy atom. The highest BCUT2D eigenvalue weighted by Crippen LogP contribution is 2.37. The molecule has 9 nitrogen and oxygen atoms in total. The molecular weight excluding hydrogens is 564 g/mol. The zero-order valence-corrected chi connectivity index (χ0v) is 24.0. The number of benzene rings is 2. The van der Waals surface area contributed by atoms with Crippen LogP contribution >= 0.6 is 11.6 Å². The number of halogens is 1. The van der Waals surface area contributed by atoms with Crippen molar-refractivity contribution in [2.45, 2.75) is 25.8 Å². The van der Waals surface area contributed by atoms with Gasteiger partial charge in [0.2, 0.25) is 5.88 Å². The van der Waals surface area contributed by atoms with Gasteiger partial charge in [0.05, 0.1) is 28.8 Å². The summed E-state index contributed by atoms with van der Waals surface area (Å²) < 4.78 is 7.44. The molecule has 1 atom stereocenters. The predicted octanol–water partition coefficient (Wildman–Crippen LogP) is 6.30. The summed E-state index contributed by atoms with van der Waals surface area (Å²) in [6.07, 6.45) is 7.05. The topological polar surface area (TPSA) is 115 Å². The van der Waals surface area contributed by atoms with Gasteiger partial charge in [-0.1, -0.05) is 48.0 Å². The average molecular weight is 591 g/mol. The number of nitrogens with one attached hydrogen (secondary N) is 2. The first-order valence-electron chi connectivity index (χ1n) is 14.1. The number of aromatic nitrogens is 5. The van der Waals surface area contributed by atoms with E-state index in [-0.39, 0.29) is 11.0 Å². The van der Waals surface area contributed by atoms with E-state index in [1.807, 2.05) is 67.6 Å². The fourth-order valence-electron chi connectivity index (χ4n) is 5.38. The van der Waals surface area contributed by atoms with Crippen LogP contribution in [0, 0.1) is 5.92 Å². The largest absolute Gasteiger partial charge is 0.477 e. The van der Waals surface area contributed by atoms with E-state index in [1.165, 1.54) is 25.2 Å². The number of ether oxygens (including phenoxy) is 1. The van der Waals surface area contributed by atoms with Crippen LogP contribution in [0.25, 0.3) is 38.6 Å². The molecule has 7 rings (SSSR count). The molecule has 1 saturated carbocycles. The number of rotatable bonds is 8. The van der Waals surface area contributed by atoms with Crippen LogP contribution in [0.3, 0.4) is 0 Å². The average Bonchev–Trinajstić information content (AvgIpc) is 3.87. The number of pyridine rings is 3. The molecule has 0 spiro atoms. The number of hydrogen-bond donors (Lipinski definition) is 2. The van der Waals surface area contributed by atoms with Gasteiger partial charge in [0.15, 0.2) is 5.43 Å². The normalized spacial score (nSPS) is 13.7. The number of fused-ring (bicyclic) bond motifs is 2. The Balaban J connectivity index is 1.38.